The Balaban J connectivity index is 1.57. The van der Waals surface area contributed by atoms with E-state index in [0.29, 0.717) is 5.02 Å². The fraction of sp³-hybridized carbons (Fsp3) is 0.273. The Hall–Kier alpha value is -3.12. The van der Waals surface area contributed by atoms with Crippen LogP contribution in [-0.4, -0.2) is 26.4 Å². The molecule has 0 spiro atoms. The average molecular weight is 560 g/mol. The predicted molar refractivity (Wildman–Crippen MR) is 164 cm³/mol. The van der Waals surface area contributed by atoms with Gasteiger partial charge < -0.3 is 10.2 Å². The Morgan fingerprint density at radius 1 is 1.03 bits per heavy atom. The standard InChI is InChI=1S/C33H34ClNO3S/c1-22(19-32(36)37)39-31(18-14-24-8-4-5-10-29(24)33(2,3)38)26-9-6-7-23(20-26)11-16-28-17-13-25-12-15-27(34)21-30(25)35-28/h4-13,15-17,20-22,31,38H,14,18-19H2,1-3H3,(H,36,37)/b16-11+/t22-,31+/m0/s1. The number of hydrogen-bond acceptors (Lipinski definition) is 4. The lowest BCUT2D eigenvalue weighted by atomic mass is 9.90. The average Bonchev–Trinajstić information content (AvgIpc) is 2.89. The van der Waals surface area contributed by atoms with Gasteiger partial charge in [-0.25, -0.2) is 4.98 Å². The number of rotatable bonds is 11. The second kappa shape index (κ2) is 12.8. The molecule has 0 aliphatic heterocycles. The van der Waals surface area contributed by atoms with Gasteiger partial charge in [0.15, 0.2) is 0 Å². The van der Waals surface area contributed by atoms with Crippen LogP contribution in [0, 0.1) is 0 Å². The summed E-state index contributed by atoms with van der Waals surface area (Å²) in [7, 11) is 0. The summed E-state index contributed by atoms with van der Waals surface area (Å²) in [5.41, 5.74) is 5.01. The van der Waals surface area contributed by atoms with Crippen LogP contribution in [0.25, 0.3) is 23.1 Å². The van der Waals surface area contributed by atoms with Gasteiger partial charge >= 0.3 is 5.97 Å². The van der Waals surface area contributed by atoms with Crippen LogP contribution in [0.4, 0.5) is 0 Å². The highest BCUT2D eigenvalue weighted by atomic mass is 35.5. The molecule has 2 atom stereocenters. The Kier molecular flexibility index (Phi) is 9.49. The fourth-order valence-corrected chi connectivity index (χ4v) is 6.28. The Bertz CT molecular complexity index is 1480. The van der Waals surface area contributed by atoms with Crippen molar-refractivity contribution in [2.45, 2.75) is 56.1 Å². The second-order valence-electron chi connectivity index (χ2n) is 10.4. The first kappa shape index (κ1) is 28.9. The SMILES string of the molecule is C[C@@H](CC(=O)O)S[C@H](CCc1ccccc1C(C)(C)O)c1cccc(/C=C/c2ccc3ccc(Cl)cc3n2)c1. The van der Waals surface area contributed by atoms with Crippen molar-refractivity contribution >= 4 is 52.4 Å². The minimum absolute atomic E-state index is 0.0372. The highest BCUT2D eigenvalue weighted by molar-refractivity contribution is 8.00. The molecule has 0 radical (unpaired) electrons. The van der Waals surface area contributed by atoms with E-state index < -0.39 is 11.6 Å². The third kappa shape index (κ3) is 8.18. The van der Waals surface area contributed by atoms with Crippen LogP contribution in [-0.2, 0) is 16.8 Å². The third-order valence-electron chi connectivity index (χ3n) is 6.62. The molecule has 4 rings (SSSR count). The van der Waals surface area contributed by atoms with E-state index in [1.807, 2.05) is 87.5 Å². The van der Waals surface area contributed by atoms with E-state index in [-0.39, 0.29) is 16.9 Å². The van der Waals surface area contributed by atoms with Gasteiger partial charge in [-0.1, -0.05) is 85.3 Å². The van der Waals surface area contributed by atoms with Gasteiger partial charge in [-0.05, 0) is 73.2 Å². The van der Waals surface area contributed by atoms with Crippen LogP contribution in [0.1, 0.15) is 66.8 Å². The molecule has 4 aromatic rings. The molecule has 0 bridgehead atoms. The number of fused-ring (bicyclic) bond motifs is 1. The van der Waals surface area contributed by atoms with Gasteiger partial charge in [-0.2, -0.15) is 11.8 Å². The van der Waals surface area contributed by atoms with Crippen LogP contribution in [0.15, 0.2) is 78.9 Å². The summed E-state index contributed by atoms with van der Waals surface area (Å²) in [6.45, 7) is 5.58. The smallest absolute Gasteiger partial charge is 0.304 e. The molecule has 1 heterocycles. The number of pyridine rings is 1. The Labute approximate surface area is 239 Å². The summed E-state index contributed by atoms with van der Waals surface area (Å²) in [5.74, 6) is -0.790. The summed E-state index contributed by atoms with van der Waals surface area (Å²) >= 11 is 7.84. The first-order valence-electron chi connectivity index (χ1n) is 13.1. The lowest BCUT2D eigenvalue weighted by Gasteiger charge is -2.24. The molecule has 202 valence electrons. The van der Waals surface area contributed by atoms with Crippen molar-refractivity contribution in [1.82, 2.24) is 4.98 Å². The molecular formula is C33H34ClNO3S. The number of carboxylic acids is 1. The van der Waals surface area contributed by atoms with Crippen LogP contribution in [0.3, 0.4) is 0 Å². The van der Waals surface area contributed by atoms with Crippen LogP contribution < -0.4 is 0 Å². The molecule has 3 aromatic carbocycles. The summed E-state index contributed by atoms with van der Waals surface area (Å²) < 4.78 is 0. The molecule has 0 amide bonds. The molecule has 0 unspecified atom stereocenters. The van der Waals surface area contributed by atoms with Crippen molar-refractivity contribution in [3.8, 4) is 0 Å². The molecule has 2 N–H and O–H groups in total. The van der Waals surface area contributed by atoms with Crippen LogP contribution in [0.2, 0.25) is 5.02 Å². The molecule has 0 fully saturated rings. The van der Waals surface area contributed by atoms with Crippen LogP contribution in [0.5, 0.6) is 0 Å². The van der Waals surface area contributed by atoms with Gasteiger partial charge in [0.05, 0.1) is 23.2 Å². The van der Waals surface area contributed by atoms with Crippen LogP contribution >= 0.6 is 23.4 Å². The molecular weight excluding hydrogens is 526 g/mol. The Morgan fingerprint density at radius 3 is 2.56 bits per heavy atom. The van der Waals surface area contributed by atoms with E-state index in [0.717, 1.165) is 51.7 Å². The normalized spacial score (nSPS) is 13.6. The number of carboxylic acid groups (broad SMARTS) is 1. The first-order chi connectivity index (χ1) is 18.6. The number of aliphatic hydroxyl groups is 1. The molecule has 0 saturated carbocycles. The molecule has 6 heteroatoms. The zero-order valence-corrected chi connectivity index (χ0v) is 24.0. The maximum atomic E-state index is 11.4. The molecule has 0 aliphatic carbocycles. The molecule has 0 aliphatic rings. The lowest BCUT2D eigenvalue weighted by Crippen LogP contribution is -2.18. The minimum Gasteiger partial charge on any atom is -0.481 e. The van der Waals surface area contributed by atoms with Crippen molar-refractivity contribution < 1.29 is 15.0 Å². The van der Waals surface area contributed by atoms with E-state index >= 15 is 0 Å². The lowest BCUT2D eigenvalue weighted by molar-refractivity contribution is -0.136. The maximum Gasteiger partial charge on any atom is 0.304 e. The number of thioether (sulfide) groups is 1. The zero-order chi connectivity index (χ0) is 28.0. The molecule has 1 aromatic heterocycles. The Morgan fingerprint density at radius 2 is 1.79 bits per heavy atom. The number of halogens is 1. The van der Waals surface area contributed by atoms with E-state index in [1.54, 1.807) is 11.8 Å². The van der Waals surface area contributed by atoms with Gasteiger partial charge in [-0.15, -0.1) is 0 Å². The molecule has 0 saturated heterocycles. The number of benzene rings is 3. The van der Waals surface area contributed by atoms with Gasteiger partial charge in [0.2, 0.25) is 0 Å². The van der Waals surface area contributed by atoms with Gasteiger partial charge in [0.25, 0.3) is 0 Å². The van der Waals surface area contributed by atoms with E-state index in [2.05, 4.69) is 24.3 Å². The van der Waals surface area contributed by atoms with E-state index in [4.69, 9.17) is 16.6 Å². The van der Waals surface area contributed by atoms with E-state index in [1.165, 1.54) is 0 Å². The topological polar surface area (TPSA) is 70.4 Å². The monoisotopic (exact) mass is 559 g/mol. The molecule has 39 heavy (non-hydrogen) atoms. The maximum absolute atomic E-state index is 11.4. The summed E-state index contributed by atoms with van der Waals surface area (Å²) in [6, 6.07) is 26.1. The summed E-state index contributed by atoms with van der Waals surface area (Å²) in [6.07, 6.45) is 5.75. The number of nitrogens with zero attached hydrogens (tertiary/aromatic N) is 1. The van der Waals surface area contributed by atoms with Gasteiger partial charge in [0.1, 0.15) is 0 Å². The number of aromatic nitrogens is 1. The van der Waals surface area contributed by atoms with Gasteiger partial charge in [-0.3, -0.25) is 4.79 Å². The summed E-state index contributed by atoms with van der Waals surface area (Å²) in [4.78, 5) is 16.1. The largest absolute Gasteiger partial charge is 0.481 e. The number of aliphatic carboxylic acids is 1. The minimum atomic E-state index is -0.928. The highest BCUT2D eigenvalue weighted by Gasteiger charge is 2.22. The zero-order valence-electron chi connectivity index (χ0n) is 22.5. The number of carbonyl (C=O) groups is 1. The quantitative estimate of drug-likeness (QED) is 0.192. The highest BCUT2D eigenvalue weighted by Crippen LogP contribution is 2.38. The predicted octanol–water partition coefficient (Wildman–Crippen LogP) is 8.56. The second-order valence-corrected chi connectivity index (χ2v) is 12.4. The third-order valence-corrected chi connectivity index (χ3v) is 8.32. The fourth-order valence-electron chi connectivity index (χ4n) is 4.75. The number of hydrogen-bond donors (Lipinski definition) is 2. The number of aryl methyl sites for hydroxylation is 1. The van der Waals surface area contributed by atoms with Crippen molar-refractivity contribution in [1.29, 1.82) is 0 Å². The van der Waals surface area contributed by atoms with Crippen molar-refractivity contribution in [3.63, 3.8) is 0 Å². The van der Waals surface area contributed by atoms with Crippen molar-refractivity contribution in [2.75, 3.05) is 0 Å². The first-order valence-corrected chi connectivity index (χ1v) is 14.4. The van der Waals surface area contributed by atoms with E-state index in [9.17, 15) is 15.0 Å². The molecule has 4 nitrogen and oxygen atoms in total. The summed E-state index contributed by atoms with van der Waals surface area (Å²) in [5, 5.41) is 21.8. The van der Waals surface area contributed by atoms with Crippen molar-refractivity contribution in [3.05, 3.63) is 112 Å². The van der Waals surface area contributed by atoms with Gasteiger partial charge in [0, 0.05) is 20.9 Å². The van der Waals surface area contributed by atoms with Crippen molar-refractivity contribution in [2.24, 2.45) is 0 Å².